The summed E-state index contributed by atoms with van der Waals surface area (Å²) in [6, 6.07) is 9.55. The third-order valence-electron chi connectivity index (χ3n) is 4.78. The standard InChI is InChI=1S/C18H25N5O2/c1-13-20-16(21-25-13)12-23-10-6-9-15(11-23)22(2)17(18(19)24)14-7-4-3-5-8-14/h3-5,7-8,15,17H,6,9-12H2,1-2H3,(H2,19,24). The Bertz CT molecular complexity index is 703. The lowest BCUT2D eigenvalue weighted by atomic mass is 9.98. The number of likely N-dealkylation sites (N-methyl/N-ethyl adjacent to an activating group) is 1. The Morgan fingerprint density at radius 2 is 2.20 bits per heavy atom. The van der Waals surface area contributed by atoms with E-state index in [1.807, 2.05) is 37.4 Å². The molecule has 25 heavy (non-hydrogen) atoms. The molecule has 1 aliphatic heterocycles. The second kappa shape index (κ2) is 7.76. The fraction of sp³-hybridized carbons (Fsp3) is 0.500. The van der Waals surface area contributed by atoms with Crippen LogP contribution in [0.15, 0.2) is 34.9 Å². The van der Waals surface area contributed by atoms with E-state index in [4.69, 9.17) is 10.3 Å². The van der Waals surface area contributed by atoms with E-state index in [9.17, 15) is 4.79 Å². The highest BCUT2D eigenvalue weighted by atomic mass is 16.5. The van der Waals surface area contributed by atoms with Gasteiger partial charge in [-0.05, 0) is 32.0 Å². The molecule has 0 bridgehead atoms. The summed E-state index contributed by atoms with van der Waals surface area (Å²) in [5, 5.41) is 3.98. The zero-order valence-electron chi connectivity index (χ0n) is 14.8. The molecule has 7 nitrogen and oxygen atoms in total. The van der Waals surface area contributed by atoms with Gasteiger partial charge in [-0.3, -0.25) is 14.6 Å². The van der Waals surface area contributed by atoms with Gasteiger partial charge in [-0.2, -0.15) is 4.98 Å². The number of amides is 1. The van der Waals surface area contributed by atoms with Crippen molar-refractivity contribution in [3.63, 3.8) is 0 Å². The van der Waals surface area contributed by atoms with Gasteiger partial charge in [0.05, 0.1) is 6.54 Å². The van der Waals surface area contributed by atoms with Crippen molar-refractivity contribution in [2.24, 2.45) is 5.73 Å². The van der Waals surface area contributed by atoms with Crippen LogP contribution in [0, 0.1) is 6.92 Å². The van der Waals surface area contributed by atoms with E-state index in [-0.39, 0.29) is 11.9 Å². The van der Waals surface area contributed by atoms with Gasteiger partial charge in [-0.15, -0.1) is 0 Å². The molecular weight excluding hydrogens is 318 g/mol. The Morgan fingerprint density at radius 3 is 2.84 bits per heavy atom. The van der Waals surface area contributed by atoms with Crippen LogP contribution in [0.1, 0.15) is 36.2 Å². The van der Waals surface area contributed by atoms with Crippen molar-refractivity contribution in [3.05, 3.63) is 47.6 Å². The van der Waals surface area contributed by atoms with Crippen LogP contribution in [-0.4, -0.2) is 52.0 Å². The number of carbonyl (C=O) groups excluding carboxylic acids is 1. The molecule has 1 fully saturated rings. The number of nitrogens with zero attached hydrogens (tertiary/aromatic N) is 4. The zero-order chi connectivity index (χ0) is 17.8. The molecule has 1 amide bonds. The summed E-state index contributed by atoms with van der Waals surface area (Å²) >= 11 is 0. The summed E-state index contributed by atoms with van der Waals surface area (Å²) in [5.74, 6) is 0.966. The Labute approximate surface area is 147 Å². The van der Waals surface area contributed by atoms with Crippen LogP contribution in [0.4, 0.5) is 0 Å². The van der Waals surface area contributed by atoms with Crippen molar-refractivity contribution in [3.8, 4) is 0 Å². The number of nitrogens with two attached hydrogens (primary N) is 1. The SMILES string of the molecule is Cc1nc(CN2CCCC(N(C)C(C(N)=O)c3ccccc3)C2)no1. The number of primary amides is 1. The molecule has 1 aromatic carbocycles. The largest absolute Gasteiger partial charge is 0.368 e. The van der Waals surface area contributed by atoms with Crippen molar-refractivity contribution in [1.82, 2.24) is 19.9 Å². The first-order chi connectivity index (χ1) is 12.0. The van der Waals surface area contributed by atoms with Gasteiger partial charge in [0.2, 0.25) is 11.8 Å². The van der Waals surface area contributed by atoms with Gasteiger partial charge in [0.15, 0.2) is 5.82 Å². The number of hydrogen-bond donors (Lipinski definition) is 1. The number of likely N-dealkylation sites (tertiary alicyclic amines) is 1. The Kier molecular flexibility index (Phi) is 5.45. The molecule has 2 heterocycles. The second-order valence-electron chi connectivity index (χ2n) is 6.64. The van der Waals surface area contributed by atoms with Crippen molar-refractivity contribution in [1.29, 1.82) is 0 Å². The van der Waals surface area contributed by atoms with Crippen LogP contribution in [0.5, 0.6) is 0 Å². The molecule has 2 N–H and O–H groups in total. The van der Waals surface area contributed by atoms with Crippen molar-refractivity contribution >= 4 is 5.91 Å². The maximum atomic E-state index is 12.1. The van der Waals surface area contributed by atoms with E-state index in [0.29, 0.717) is 18.3 Å². The van der Waals surface area contributed by atoms with E-state index in [2.05, 4.69) is 19.9 Å². The summed E-state index contributed by atoms with van der Waals surface area (Å²) < 4.78 is 5.05. The lowest BCUT2D eigenvalue weighted by Crippen LogP contribution is -2.49. The summed E-state index contributed by atoms with van der Waals surface area (Å²) in [4.78, 5) is 20.8. The molecule has 1 aliphatic rings. The van der Waals surface area contributed by atoms with Gasteiger partial charge >= 0.3 is 0 Å². The first-order valence-corrected chi connectivity index (χ1v) is 8.62. The predicted molar refractivity (Wildman–Crippen MR) is 93.5 cm³/mol. The maximum absolute atomic E-state index is 12.1. The van der Waals surface area contributed by atoms with Gasteiger partial charge in [-0.25, -0.2) is 0 Å². The Balaban J connectivity index is 1.69. The van der Waals surface area contributed by atoms with E-state index in [1.165, 1.54) is 0 Å². The fourth-order valence-corrected chi connectivity index (χ4v) is 3.56. The minimum Gasteiger partial charge on any atom is -0.368 e. The average Bonchev–Trinajstić information content (AvgIpc) is 3.00. The number of benzene rings is 1. The minimum atomic E-state index is -0.418. The van der Waals surface area contributed by atoms with Gasteiger partial charge in [0, 0.05) is 19.5 Å². The number of piperidine rings is 1. The van der Waals surface area contributed by atoms with Gasteiger partial charge in [0.1, 0.15) is 6.04 Å². The van der Waals surface area contributed by atoms with Crippen LogP contribution in [0.2, 0.25) is 0 Å². The summed E-state index contributed by atoms with van der Waals surface area (Å²) in [7, 11) is 1.98. The molecule has 2 aromatic rings. The lowest BCUT2D eigenvalue weighted by molar-refractivity contribution is -0.124. The average molecular weight is 343 g/mol. The summed E-state index contributed by atoms with van der Waals surface area (Å²) in [5.41, 5.74) is 6.64. The Hall–Kier alpha value is -2.25. The molecule has 0 spiro atoms. The number of hydrogen-bond acceptors (Lipinski definition) is 6. The van der Waals surface area contributed by atoms with Crippen LogP contribution in [0.25, 0.3) is 0 Å². The van der Waals surface area contributed by atoms with Crippen molar-refractivity contribution in [2.45, 2.75) is 38.4 Å². The second-order valence-corrected chi connectivity index (χ2v) is 6.64. The molecule has 2 unspecified atom stereocenters. The van der Waals surface area contributed by atoms with E-state index < -0.39 is 6.04 Å². The highest BCUT2D eigenvalue weighted by Gasteiger charge is 2.31. The summed E-state index contributed by atoms with van der Waals surface area (Å²) in [6.45, 7) is 4.29. The monoisotopic (exact) mass is 343 g/mol. The molecular formula is C18H25N5O2. The van der Waals surface area contributed by atoms with E-state index in [1.54, 1.807) is 6.92 Å². The molecule has 0 radical (unpaired) electrons. The molecule has 1 aromatic heterocycles. The van der Waals surface area contributed by atoms with Crippen LogP contribution >= 0.6 is 0 Å². The number of carbonyl (C=O) groups is 1. The quantitative estimate of drug-likeness (QED) is 0.855. The van der Waals surface area contributed by atoms with Gasteiger partial charge in [0.25, 0.3) is 0 Å². The van der Waals surface area contributed by atoms with Crippen molar-refractivity contribution < 1.29 is 9.32 Å². The number of rotatable bonds is 6. The number of aromatic nitrogens is 2. The molecule has 1 saturated heterocycles. The van der Waals surface area contributed by atoms with E-state index >= 15 is 0 Å². The third-order valence-corrected chi connectivity index (χ3v) is 4.78. The Morgan fingerprint density at radius 1 is 1.44 bits per heavy atom. The highest BCUT2D eigenvalue weighted by Crippen LogP contribution is 2.25. The van der Waals surface area contributed by atoms with Crippen LogP contribution in [-0.2, 0) is 11.3 Å². The first-order valence-electron chi connectivity index (χ1n) is 8.62. The molecule has 2 atom stereocenters. The van der Waals surface area contributed by atoms with E-state index in [0.717, 1.165) is 31.5 Å². The fourth-order valence-electron chi connectivity index (χ4n) is 3.56. The smallest absolute Gasteiger partial charge is 0.239 e. The summed E-state index contributed by atoms with van der Waals surface area (Å²) in [6.07, 6.45) is 2.10. The minimum absolute atomic E-state index is 0.249. The van der Waals surface area contributed by atoms with Crippen molar-refractivity contribution in [2.75, 3.05) is 20.1 Å². The third kappa shape index (κ3) is 4.24. The normalized spacial score (nSPS) is 19.9. The number of aryl methyl sites for hydroxylation is 1. The molecule has 3 rings (SSSR count). The molecule has 0 aliphatic carbocycles. The van der Waals surface area contributed by atoms with Crippen LogP contribution in [0.3, 0.4) is 0 Å². The van der Waals surface area contributed by atoms with Gasteiger partial charge in [-0.1, -0.05) is 35.5 Å². The first kappa shape index (κ1) is 17.6. The lowest BCUT2D eigenvalue weighted by Gasteiger charge is -2.40. The van der Waals surface area contributed by atoms with Crippen LogP contribution < -0.4 is 5.73 Å². The predicted octanol–water partition coefficient (Wildman–Crippen LogP) is 1.50. The van der Waals surface area contributed by atoms with Gasteiger partial charge < -0.3 is 10.3 Å². The molecule has 7 heteroatoms. The maximum Gasteiger partial charge on any atom is 0.239 e. The molecule has 134 valence electrons. The zero-order valence-corrected chi connectivity index (χ0v) is 14.8. The topological polar surface area (TPSA) is 88.5 Å². The highest BCUT2D eigenvalue weighted by molar-refractivity contribution is 5.81. The molecule has 0 saturated carbocycles.